The maximum Gasteiger partial charge on any atom is 0.230 e. The van der Waals surface area contributed by atoms with Crippen LogP contribution in [0.5, 0.6) is 0 Å². The van der Waals surface area contributed by atoms with Crippen molar-refractivity contribution in [3.05, 3.63) is 45.9 Å². The van der Waals surface area contributed by atoms with Crippen molar-refractivity contribution in [3.8, 4) is 0 Å². The summed E-state index contributed by atoms with van der Waals surface area (Å²) in [6.07, 6.45) is 0.248. The minimum atomic E-state index is -0.106. The number of nitrogens with one attached hydrogen (secondary N) is 1. The number of amides is 1. The predicted octanol–water partition coefficient (Wildman–Crippen LogP) is 2.81. The zero-order valence-corrected chi connectivity index (χ0v) is 14.2. The molecule has 0 spiro atoms. The van der Waals surface area contributed by atoms with Crippen LogP contribution in [-0.2, 0) is 22.5 Å². The van der Waals surface area contributed by atoms with E-state index in [0.29, 0.717) is 10.2 Å². The van der Waals surface area contributed by atoms with Crippen molar-refractivity contribution in [2.75, 3.05) is 31.6 Å². The Morgan fingerprint density at radius 3 is 2.91 bits per heavy atom. The maximum atomic E-state index is 12.1. The Balaban J connectivity index is 1.54. The molecule has 2 heterocycles. The summed E-state index contributed by atoms with van der Waals surface area (Å²) in [5.41, 5.74) is 1.79. The monoisotopic (exact) mass is 351 g/mol. The summed E-state index contributed by atoms with van der Waals surface area (Å²) in [6, 6.07) is 7.36. The molecule has 23 heavy (non-hydrogen) atoms. The maximum absolute atomic E-state index is 12.1. The van der Waals surface area contributed by atoms with Gasteiger partial charge in [-0.1, -0.05) is 29.8 Å². The highest BCUT2D eigenvalue weighted by atomic mass is 35.5. The number of hydrogen-bond donors (Lipinski definition) is 1. The van der Waals surface area contributed by atoms with Crippen molar-refractivity contribution in [2.24, 2.45) is 0 Å². The van der Waals surface area contributed by atoms with Gasteiger partial charge in [-0.15, -0.1) is 11.3 Å². The molecule has 122 valence electrons. The highest BCUT2D eigenvalue weighted by Crippen LogP contribution is 2.19. The quantitative estimate of drug-likeness (QED) is 0.900. The number of carbonyl (C=O) groups is 1. The first-order chi connectivity index (χ1) is 11.2. The van der Waals surface area contributed by atoms with E-state index in [2.05, 4.69) is 15.2 Å². The molecule has 0 atom stereocenters. The van der Waals surface area contributed by atoms with Gasteiger partial charge in [-0.25, -0.2) is 4.98 Å². The highest BCUT2D eigenvalue weighted by Gasteiger charge is 2.14. The Hall–Kier alpha value is -1.47. The van der Waals surface area contributed by atoms with Crippen molar-refractivity contribution < 1.29 is 9.53 Å². The molecule has 7 heteroatoms. The van der Waals surface area contributed by atoms with Crippen LogP contribution in [0.1, 0.15) is 11.3 Å². The van der Waals surface area contributed by atoms with E-state index in [0.717, 1.165) is 44.1 Å². The second kappa shape index (κ2) is 7.88. The molecule has 1 aromatic heterocycles. The summed E-state index contributed by atoms with van der Waals surface area (Å²) in [6.45, 7) is 4.18. The van der Waals surface area contributed by atoms with Gasteiger partial charge in [-0.05, 0) is 11.6 Å². The van der Waals surface area contributed by atoms with Crippen molar-refractivity contribution in [3.63, 3.8) is 0 Å². The summed E-state index contributed by atoms with van der Waals surface area (Å²) in [5.74, 6) is -0.106. The number of halogens is 1. The highest BCUT2D eigenvalue weighted by molar-refractivity contribution is 7.13. The molecule has 0 bridgehead atoms. The van der Waals surface area contributed by atoms with Gasteiger partial charge in [0.2, 0.25) is 5.91 Å². The smallest absolute Gasteiger partial charge is 0.230 e. The number of anilines is 1. The topological polar surface area (TPSA) is 54.5 Å². The minimum Gasteiger partial charge on any atom is -0.379 e. The number of nitrogens with zero attached hydrogens (tertiary/aromatic N) is 2. The number of aromatic nitrogens is 1. The summed E-state index contributed by atoms with van der Waals surface area (Å²) >= 11 is 7.52. The van der Waals surface area contributed by atoms with Gasteiger partial charge in [-0.2, -0.15) is 0 Å². The van der Waals surface area contributed by atoms with Crippen LogP contribution in [0.3, 0.4) is 0 Å². The number of carbonyl (C=O) groups excluding carboxylic acids is 1. The van der Waals surface area contributed by atoms with Crippen LogP contribution in [0, 0.1) is 0 Å². The molecule has 1 saturated heterocycles. The largest absolute Gasteiger partial charge is 0.379 e. The van der Waals surface area contributed by atoms with Crippen LogP contribution in [0.15, 0.2) is 29.6 Å². The van der Waals surface area contributed by atoms with Crippen molar-refractivity contribution in [2.45, 2.75) is 13.0 Å². The van der Waals surface area contributed by atoms with E-state index in [-0.39, 0.29) is 12.3 Å². The summed E-state index contributed by atoms with van der Waals surface area (Å²) in [5, 5.41) is 6.06. The zero-order valence-electron chi connectivity index (χ0n) is 12.6. The van der Waals surface area contributed by atoms with Crippen molar-refractivity contribution in [1.29, 1.82) is 0 Å². The van der Waals surface area contributed by atoms with Gasteiger partial charge in [0, 0.05) is 30.0 Å². The lowest BCUT2D eigenvalue weighted by Gasteiger charge is -2.25. The molecule has 2 aromatic rings. The third-order valence-electron chi connectivity index (χ3n) is 3.60. The van der Waals surface area contributed by atoms with Gasteiger partial charge in [0.1, 0.15) is 0 Å². The first kappa shape index (κ1) is 16.4. The lowest BCUT2D eigenvalue weighted by atomic mass is 10.1. The van der Waals surface area contributed by atoms with Crippen LogP contribution in [0.25, 0.3) is 0 Å². The van der Waals surface area contributed by atoms with Crippen molar-refractivity contribution >= 4 is 34.0 Å². The molecule has 3 rings (SSSR count). The van der Waals surface area contributed by atoms with Crippen LogP contribution >= 0.6 is 22.9 Å². The Kier molecular flexibility index (Phi) is 5.61. The van der Waals surface area contributed by atoms with Gasteiger partial charge < -0.3 is 10.1 Å². The first-order valence-corrected chi connectivity index (χ1v) is 8.74. The van der Waals surface area contributed by atoms with Crippen LogP contribution in [0.2, 0.25) is 5.02 Å². The van der Waals surface area contributed by atoms with Crippen LogP contribution < -0.4 is 5.32 Å². The average molecular weight is 352 g/mol. The number of ether oxygens (including phenoxy) is 1. The zero-order chi connectivity index (χ0) is 16.1. The van der Waals surface area contributed by atoms with Crippen molar-refractivity contribution in [1.82, 2.24) is 9.88 Å². The standard InChI is InChI=1S/C16H18ClN3O2S/c17-14-4-2-1-3-12(14)9-15(21)19-16-18-13(11-23-16)10-20-5-7-22-8-6-20/h1-4,11H,5-10H2,(H,18,19,21). The third-order valence-corrected chi connectivity index (χ3v) is 4.77. The molecule has 0 radical (unpaired) electrons. The van der Waals surface area contributed by atoms with E-state index >= 15 is 0 Å². The molecule has 0 unspecified atom stereocenters. The van der Waals surface area contributed by atoms with E-state index < -0.39 is 0 Å². The van der Waals surface area contributed by atoms with Crippen LogP contribution in [-0.4, -0.2) is 42.1 Å². The van der Waals surface area contributed by atoms with E-state index in [4.69, 9.17) is 16.3 Å². The molecule has 1 aliphatic rings. The van der Waals surface area contributed by atoms with Gasteiger partial charge >= 0.3 is 0 Å². The van der Waals surface area contributed by atoms with E-state index in [1.807, 2.05) is 23.6 Å². The molecule has 1 aliphatic heterocycles. The van der Waals surface area contributed by atoms with Gasteiger partial charge in [0.05, 0.1) is 25.3 Å². The molecule has 1 fully saturated rings. The number of hydrogen-bond acceptors (Lipinski definition) is 5. The fourth-order valence-electron chi connectivity index (χ4n) is 2.40. The lowest BCUT2D eigenvalue weighted by Crippen LogP contribution is -2.35. The lowest BCUT2D eigenvalue weighted by molar-refractivity contribution is -0.115. The van der Waals surface area contributed by atoms with E-state index in [9.17, 15) is 4.79 Å². The Morgan fingerprint density at radius 1 is 1.35 bits per heavy atom. The molecule has 0 aliphatic carbocycles. The Bertz CT molecular complexity index is 671. The summed E-state index contributed by atoms with van der Waals surface area (Å²) in [7, 11) is 0. The minimum absolute atomic E-state index is 0.106. The normalized spacial score (nSPS) is 15.5. The number of morpholine rings is 1. The van der Waals surface area contributed by atoms with E-state index in [1.54, 1.807) is 6.07 Å². The van der Waals surface area contributed by atoms with E-state index in [1.165, 1.54) is 11.3 Å². The Labute approximate surface area is 144 Å². The second-order valence-corrected chi connectivity index (χ2v) is 6.61. The summed E-state index contributed by atoms with van der Waals surface area (Å²) < 4.78 is 5.33. The third kappa shape index (κ3) is 4.75. The SMILES string of the molecule is O=C(Cc1ccccc1Cl)Nc1nc(CN2CCOCC2)cs1. The van der Waals surface area contributed by atoms with Gasteiger partial charge in [0.25, 0.3) is 0 Å². The molecular formula is C16H18ClN3O2S. The first-order valence-electron chi connectivity index (χ1n) is 7.48. The second-order valence-electron chi connectivity index (χ2n) is 5.35. The fraction of sp³-hybridized carbons (Fsp3) is 0.375. The number of rotatable bonds is 5. The molecule has 0 saturated carbocycles. The average Bonchev–Trinajstić information content (AvgIpc) is 2.97. The van der Waals surface area contributed by atoms with Crippen LogP contribution in [0.4, 0.5) is 5.13 Å². The van der Waals surface area contributed by atoms with Gasteiger partial charge in [-0.3, -0.25) is 9.69 Å². The molecular weight excluding hydrogens is 334 g/mol. The number of thiazole rings is 1. The molecule has 1 amide bonds. The summed E-state index contributed by atoms with van der Waals surface area (Å²) in [4.78, 5) is 18.9. The predicted molar refractivity (Wildman–Crippen MR) is 92.0 cm³/mol. The molecule has 1 N–H and O–H groups in total. The molecule has 1 aromatic carbocycles. The Morgan fingerprint density at radius 2 is 2.13 bits per heavy atom. The number of benzene rings is 1. The van der Waals surface area contributed by atoms with Gasteiger partial charge in [0.15, 0.2) is 5.13 Å². The fourth-order valence-corrected chi connectivity index (χ4v) is 3.32. The molecule has 5 nitrogen and oxygen atoms in total.